The first kappa shape index (κ1) is 25.9. The fourth-order valence-corrected chi connectivity index (χ4v) is 6.08. The molecule has 1 atom stereocenters. The number of amides is 1. The second kappa shape index (κ2) is 10.4. The topological polar surface area (TPSA) is 110 Å². The summed E-state index contributed by atoms with van der Waals surface area (Å²) in [5.41, 5.74) is 6.53. The molecule has 1 aromatic heterocycles. The normalized spacial score (nSPS) is 16.7. The second-order valence-electron chi connectivity index (χ2n) is 8.78. The Hall–Kier alpha value is -2.21. The number of nitrogens with one attached hydrogen (secondary N) is 1. The number of likely N-dealkylation sites (tertiary alicyclic amines) is 1. The van der Waals surface area contributed by atoms with Crippen LogP contribution in [-0.4, -0.2) is 59.9 Å². The third kappa shape index (κ3) is 5.79. The summed E-state index contributed by atoms with van der Waals surface area (Å²) in [7, 11) is -3.01. The first-order valence-corrected chi connectivity index (χ1v) is 14.3. The maximum atomic E-state index is 15.5. The van der Waals surface area contributed by atoms with Gasteiger partial charge in [-0.3, -0.25) is 4.79 Å². The zero-order valence-electron chi connectivity index (χ0n) is 19.1. The third-order valence-corrected chi connectivity index (χ3v) is 8.67. The highest BCUT2D eigenvalue weighted by atomic mass is 79.9. The number of nitrogens with zero attached hydrogens (tertiary/aromatic N) is 3. The van der Waals surface area contributed by atoms with Gasteiger partial charge in [-0.1, -0.05) is 27.5 Å². The standard InChI is InChI=1S/C23H26BrClFN5O3S/c1-35(33,34)15-6-9-30(12-15)7-2-3-8-31-13-28-22-19(31)11-16(23(27)32)21(20(22)26)29-18-5-4-14(24)10-17(18)25/h4-5,10-11,13,15,29H,2-3,6-9,12H2,1H3,(H2,27,32). The van der Waals surface area contributed by atoms with Crippen LogP contribution in [0, 0.1) is 5.82 Å². The van der Waals surface area contributed by atoms with Gasteiger partial charge >= 0.3 is 0 Å². The number of halogens is 3. The molecule has 1 unspecified atom stereocenters. The molecule has 4 rings (SSSR count). The van der Waals surface area contributed by atoms with E-state index in [0.717, 1.165) is 30.4 Å². The molecule has 1 fully saturated rings. The van der Waals surface area contributed by atoms with Crippen LogP contribution in [-0.2, 0) is 16.4 Å². The van der Waals surface area contributed by atoms with Gasteiger partial charge in [0.05, 0.1) is 39.1 Å². The lowest BCUT2D eigenvalue weighted by Gasteiger charge is -2.16. The van der Waals surface area contributed by atoms with E-state index in [-0.39, 0.29) is 22.0 Å². The van der Waals surface area contributed by atoms with Crippen LogP contribution in [0.3, 0.4) is 0 Å². The monoisotopic (exact) mass is 585 g/mol. The van der Waals surface area contributed by atoms with E-state index in [1.807, 2.05) is 0 Å². The minimum Gasteiger partial charge on any atom is -0.366 e. The van der Waals surface area contributed by atoms with Crippen LogP contribution in [0.15, 0.2) is 35.1 Å². The molecule has 1 saturated heterocycles. The van der Waals surface area contributed by atoms with E-state index in [1.54, 1.807) is 35.2 Å². The Balaban J connectivity index is 1.48. The van der Waals surface area contributed by atoms with Gasteiger partial charge in [0.1, 0.15) is 5.52 Å². The Labute approximate surface area is 216 Å². The molecule has 8 nitrogen and oxygen atoms in total. The molecule has 2 aromatic carbocycles. The fourth-order valence-electron chi connectivity index (χ4n) is 4.35. The number of unbranched alkanes of at least 4 members (excludes halogenated alkanes) is 1. The zero-order valence-corrected chi connectivity index (χ0v) is 22.3. The molecule has 2 heterocycles. The predicted molar refractivity (Wildman–Crippen MR) is 140 cm³/mol. The lowest BCUT2D eigenvalue weighted by Crippen LogP contribution is -2.27. The Morgan fingerprint density at radius 2 is 2.06 bits per heavy atom. The average Bonchev–Trinajstić information content (AvgIpc) is 3.42. The van der Waals surface area contributed by atoms with Gasteiger partial charge in [0, 0.05) is 23.8 Å². The molecule has 0 bridgehead atoms. The van der Waals surface area contributed by atoms with E-state index in [4.69, 9.17) is 17.3 Å². The quantitative estimate of drug-likeness (QED) is 0.361. The molecule has 12 heteroatoms. The molecule has 1 aliphatic heterocycles. The maximum absolute atomic E-state index is 15.5. The highest BCUT2D eigenvalue weighted by Crippen LogP contribution is 2.34. The lowest BCUT2D eigenvalue weighted by molar-refractivity contribution is 0.100. The SMILES string of the molecule is CS(=O)(=O)C1CCN(CCCCn2cnc3c(F)c(Nc4ccc(Br)cc4Cl)c(C(N)=O)cc32)C1. The summed E-state index contributed by atoms with van der Waals surface area (Å²) >= 11 is 9.57. The van der Waals surface area contributed by atoms with Crippen LogP contribution in [0.4, 0.5) is 15.8 Å². The number of imidazole rings is 1. The van der Waals surface area contributed by atoms with E-state index < -0.39 is 21.6 Å². The van der Waals surface area contributed by atoms with Crippen molar-refractivity contribution < 1.29 is 17.6 Å². The van der Waals surface area contributed by atoms with Crippen LogP contribution in [0.2, 0.25) is 5.02 Å². The molecule has 3 aromatic rings. The molecule has 0 radical (unpaired) electrons. The number of sulfone groups is 1. The first-order chi connectivity index (χ1) is 16.5. The largest absolute Gasteiger partial charge is 0.366 e. The van der Waals surface area contributed by atoms with Gasteiger partial charge in [-0.15, -0.1) is 0 Å². The van der Waals surface area contributed by atoms with E-state index >= 15 is 4.39 Å². The molecule has 1 aliphatic rings. The van der Waals surface area contributed by atoms with Crippen LogP contribution >= 0.6 is 27.5 Å². The van der Waals surface area contributed by atoms with Crippen molar-refractivity contribution in [2.75, 3.05) is 31.2 Å². The number of hydrogen-bond acceptors (Lipinski definition) is 6. The van der Waals surface area contributed by atoms with Gasteiger partial charge in [0.15, 0.2) is 15.7 Å². The van der Waals surface area contributed by atoms with Crippen LogP contribution < -0.4 is 11.1 Å². The third-order valence-electron chi connectivity index (χ3n) is 6.27. The molecular weight excluding hydrogens is 561 g/mol. The van der Waals surface area contributed by atoms with Crippen molar-refractivity contribution in [3.05, 3.63) is 51.5 Å². The van der Waals surface area contributed by atoms with E-state index in [0.29, 0.717) is 35.7 Å². The molecule has 0 saturated carbocycles. The Bertz CT molecular complexity index is 1380. The van der Waals surface area contributed by atoms with Gasteiger partial charge < -0.3 is 20.5 Å². The van der Waals surface area contributed by atoms with Crippen LogP contribution in [0.1, 0.15) is 29.6 Å². The number of carbonyl (C=O) groups is 1. The number of fused-ring (bicyclic) bond motifs is 1. The molecular formula is C23H26BrClFN5O3S. The maximum Gasteiger partial charge on any atom is 0.251 e. The van der Waals surface area contributed by atoms with Gasteiger partial charge in [0.2, 0.25) is 0 Å². The number of anilines is 2. The number of aryl methyl sites for hydroxylation is 1. The molecule has 188 valence electrons. The summed E-state index contributed by atoms with van der Waals surface area (Å²) in [6, 6.07) is 6.60. The van der Waals surface area contributed by atoms with Gasteiger partial charge in [-0.05, 0) is 56.6 Å². The van der Waals surface area contributed by atoms with E-state index in [1.165, 1.54) is 6.26 Å². The van der Waals surface area contributed by atoms with Crippen LogP contribution in [0.25, 0.3) is 11.0 Å². The number of nitrogens with two attached hydrogens (primary N) is 1. The second-order valence-corrected chi connectivity index (χ2v) is 12.4. The minimum atomic E-state index is -3.01. The van der Waals surface area contributed by atoms with Crippen molar-refractivity contribution in [2.45, 2.75) is 31.1 Å². The Kier molecular flexibility index (Phi) is 7.70. The molecule has 3 N–H and O–H groups in total. The van der Waals surface area contributed by atoms with Crippen molar-refractivity contribution in [3.8, 4) is 0 Å². The number of carbonyl (C=O) groups excluding carboxylic acids is 1. The fraction of sp³-hybridized carbons (Fsp3) is 0.391. The summed E-state index contributed by atoms with van der Waals surface area (Å²) < 4.78 is 41.5. The Morgan fingerprint density at radius 3 is 2.71 bits per heavy atom. The highest BCUT2D eigenvalue weighted by Gasteiger charge is 2.29. The molecule has 35 heavy (non-hydrogen) atoms. The molecule has 1 amide bonds. The molecule has 0 aliphatic carbocycles. The zero-order chi connectivity index (χ0) is 25.3. The van der Waals surface area contributed by atoms with Crippen molar-refractivity contribution in [1.29, 1.82) is 0 Å². The summed E-state index contributed by atoms with van der Waals surface area (Å²) in [5, 5.41) is 2.95. The smallest absolute Gasteiger partial charge is 0.251 e. The minimum absolute atomic E-state index is 0.000353. The highest BCUT2D eigenvalue weighted by molar-refractivity contribution is 9.10. The lowest BCUT2D eigenvalue weighted by atomic mass is 10.1. The van der Waals surface area contributed by atoms with Crippen molar-refractivity contribution in [3.63, 3.8) is 0 Å². The summed E-state index contributed by atoms with van der Waals surface area (Å²) in [5.74, 6) is -1.46. The first-order valence-electron chi connectivity index (χ1n) is 11.1. The number of benzene rings is 2. The van der Waals surface area contributed by atoms with E-state index in [2.05, 4.69) is 31.1 Å². The van der Waals surface area contributed by atoms with Crippen LogP contribution in [0.5, 0.6) is 0 Å². The van der Waals surface area contributed by atoms with E-state index in [9.17, 15) is 13.2 Å². The average molecular weight is 587 g/mol. The van der Waals surface area contributed by atoms with Gasteiger partial charge in [-0.25, -0.2) is 17.8 Å². The number of rotatable bonds is 9. The number of aromatic nitrogens is 2. The predicted octanol–water partition coefficient (Wildman–Crippen LogP) is 4.33. The number of primary amides is 1. The van der Waals surface area contributed by atoms with Crippen molar-refractivity contribution in [1.82, 2.24) is 14.5 Å². The van der Waals surface area contributed by atoms with Gasteiger partial charge in [0.25, 0.3) is 5.91 Å². The summed E-state index contributed by atoms with van der Waals surface area (Å²) in [4.78, 5) is 18.6. The van der Waals surface area contributed by atoms with Crippen molar-refractivity contribution in [2.24, 2.45) is 5.73 Å². The Morgan fingerprint density at radius 1 is 1.31 bits per heavy atom. The number of hydrogen-bond donors (Lipinski definition) is 2. The van der Waals surface area contributed by atoms with Gasteiger partial charge in [-0.2, -0.15) is 0 Å². The molecule has 0 spiro atoms. The summed E-state index contributed by atoms with van der Waals surface area (Å²) in [6.07, 6.45) is 5.14. The van der Waals surface area contributed by atoms with Crippen molar-refractivity contribution >= 4 is 65.7 Å². The summed E-state index contributed by atoms with van der Waals surface area (Å²) in [6.45, 7) is 2.71.